The van der Waals surface area contributed by atoms with Crippen molar-refractivity contribution in [1.82, 2.24) is 15.0 Å². The average Bonchev–Trinajstić information content (AvgIpc) is 2.97. The van der Waals surface area contributed by atoms with Crippen molar-refractivity contribution < 1.29 is 13.6 Å². The van der Waals surface area contributed by atoms with Gasteiger partial charge in [0.2, 0.25) is 5.89 Å². The van der Waals surface area contributed by atoms with Crippen molar-refractivity contribution in [3.63, 3.8) is 0 Å². The molecular formula is C16H12FN3O2. The molecular weight excluding hydrogens is 285 g/mol. The molecule has 22 heavy (non-hydrogen) atoms. The normalized spacial score (nSPS) is 10.6. The maximum Gasteiger partial charge on any atom is 0.202 e. The topological polar surface area (TPSA) is 68.9 Å². The monoisotopic (exact) mass is 297 g/mol. The quantitative estimate of drug-likeness (QED) is 0.724. The summed E-state index contributed by atoms with van der Waals surface area (Å²) in [5.41, 5.74) is 1.97. The van der Waals surface area contributed by atoms with Crippen LogP contribution in [0.25, 0.3) is 11.3 Å². The Hall–Kier alpha value is -2.89. The molecule has 0 amide bonds. The van der Waals surface area contributed by atoms with E-state index in [0.717, 1.165) is 5.56 Å². The fourth-order valence-electron chi connectivity index (χ4n) is 2.00. The van der Waals surface area contributed by atoms with Gasteiger partial charge in [-0.3, -0.25) is 4.79 Å². The molecule has 0 aliphatic heterocycles. The second-order valence-electron chi connectivity index (χ2n) is 4.73. The molecule has 0 spiro atoms. The van der Waals surface area contributed by atoms with Gasteiger partial charge in [0, 0.05) is 18.2 Å². The lowest BCUT2D eigenvalue weighted by molar-refractivity contribution is -0.118. The van der Waals surface area contributed by atoms with Gasteiger partial charge in [0.1, 0.15) is 29.9 Å². The summed E-state index contributed by atoms with van der Waals surface area (Å²) in [4.78, 5) is 24.0. The number of carbonyl (C=O) groups excluding carboxylic acids is 1. The lowest BCUT2D eigenvalue weighted by atomic mass is 10.1. The Balaban J connectivity index is 1.66. The number of Topliss-reactive ketones (excluding diaryl/α,β-unsaturated/α-hetero) is 1. The van der Waals surface area contributed by atoms with E-state index in [4.69, 9.17) is 4.42 Å². The van der Waals surface area contributed by atoms with E-state index in [9.17, 15) is 9.18 Å². The van der Waals surface area contributed by atoms with Gasteiger partial charge < -0.3 is 4.42 Å². The van der Waals surface area contributed by atoms with Crippen molar-refractivity contribution in [1.29, 1.82) is 0 Å². The summed E-state index contributed by atoms with van der Waals surface area (Å²) in [5, 5.41) is 0. The summed E-state index contributed by atoms with van der Waals surface area (Å²) < 4.78 is 18.2. The lowest BCUT2D eigenvalue weighted by Crippen LogP contribution is -2.08. The predicted molar refractivity (Wildman–Crippen MR) is 76.3 cm³/mol. The van der Waals surface area contributed by atoms with Crippen LogP contribution in [0.2, 0.25) is 0 Å². The number of hydrogen-bond acceptors (Lipinski definition) is 5. The number of aromatic nitrogens is 3. The molecule has 2 aromatic heterocycles. The van der Waals surface area contributed by atoms with Gasteiger partial charge in [-0.2, -0.15) is 0 Å². The Morgan fingerprint density at radius 2 is 1.95 bits per heavy atom. The van der Waals surface area contributed by atoms with Crippen LogP contribution in [0.4, 0.5) is 4.39 Å². The van der Waals surface area contributed by atoms with Crippen molar-refractivity contribution in [2.45, 2.75) is 12.8 Å². The van der Waals surface area contributed by atoms with E-state index in [2.05, 4.69) is 15.0 Å². The molecule has 1 aromatic carbocycles. The van der Waals surface area contributed by atoms with E-state index in [1.165, 1.54) is 24.7 Å². The van der Waals surface area contributed by atoms with Gasteiger partial charge in [0.05, 0.1) is 12.1 Å². The molecule has 0 aliphatic rings. The van der Waals surface area contributed by atoms with E-state index < -0.39 is 0 Å². The third-order valence-corrected chi connectivity index (χ3v) is 3.06. The first kappa shape index (κ1) is 14.1. The summed E-state index contributed by atoms with van der Waals surface area (Å²) in [7, 11) is 0. The minimum atomic E-state index is -0.313. The lowest BCUT2D eigenvalue weighted by Gasteiger charge is -1.97. The Labute approximate surface area is 125 Å². The minimum Gasteiger partial charge on any atom is -0.448 e. The van der Waals surface area contributed by atoms with Crippen molar-refractivity contribution >= 4 is 5.78 Å². The number of hydrogen-bond donors (Lipinski definition) is 0. The molecule has 0 saturated heterocycles. The molecule has 3 rings (SSSR count). The zero-order valence-corrected chi connectivity index (χ0v) is 11.6. The van der Waals surface area contributed by atoms with Gasteiger partial charge in [-0.25, -0.2) is 19.3 Å². The fourth-order valence-corrected chi connectivity index (χ4v) is 2.00. The number of oxazole rings is 1. The van der Waals surface area contributed by atoms with Crippen LogP contribution in [-0.4, -0.2) is 20.7 Å². The maximum atomic E-state index is 12.9. The van der Waals surface area contributed by atoms with Crippen LogP contribution < -0.4 is 0 Å². The van der Waals surface area contributed by atoms with E-state index >= 15 is 0 Å². The standard InChI is InChI=1S/C16H12FN3O2/c17-12-3-1-11(2-4-12)15-9-22-16(20-15)8-14(21)7-13-5-6-18-10-19-13/h1-6,9-10H,7-8H2. The molecule has 5 nitrogen and oxygen atoms in total. The smallest absolute Gasteiger partial charge is 0.202 e. The number of nitrogens with zero attached hydrogens (tertiary/aromatic N) is 3. The number of rotatable bonds is 5. The number of ketones is 1. The van der Waals surface area contributed by atoms with Crippen LogP contribution >= 0.6 is 0 Å². The van der Waals surface area contributed by atoms with Gasteiger partial charge >= 0.3 is 0 Å². The molecule has 0 aliphatic carbocycles. The summed E-state index contributed by atoms with van der Waals surface area (Å²) in [6, 6.07) is 7.62. The van der Waals surface area contributed by atoms with Crippen LogP contribution in [0.3, 0.4) is 0 Å². The van der Waals surface area contributed by atoms with Crippen LogP contribution in [0.5, 0.6) is 0 Å². The van der Waals surface area contributed by atoms with Crippen molar-refractivity contribution in [2.24, 2.45) is 0 Å². The molecule has 0 fully saturated rings. The van der Waals surface area contributed by atoms with E-state index in [1.807, 2.05) is 0 Å². The van der Waals surface area contributed by atoms with Gasteiger partial charge in [0.15, 0.2) is 0 Å². The highest BCUT2D eigenvalue weighted by molar-refractivity contribution is 5.82. The highest BCUT2D eigenvalue weighted by Crippen LogP contribution is 2.19. The molecule has 3 aromatic rings. The zero-order chi connectivity index (χ0) is 15.4. The molecule has 0 atom stereocenters. The van der Waals surface area contributed by atoms with Crippen LogP contribution in [0.15, 0.2) is 53.5 Å². The van der Waals surface area contributed by atoms with Gasteiger partial charge in [-0.05, 0) is 30.3 Å². The molecule has 0 unspecified atom stereocenters. The number of benzene rings is 1. The second kappa shape index (κ2) is 6.26. The first-order valence-corrected chi connectivity index (χ1v) is 6.67. The molecule has 0 N–H and O–H groups in total. The molecule has 6 heteroatoms. The summed E-state index contributed by atoms with van der Waals surface area (Å²) in [6.45, 7) is 0. The van der Waals surface area contributed by atoms with Crippen molar-refractivity contribution in [3.05, 3.63) is 66.5 Å². The third-order valence-electron chi connectivity index (χ3n) is 3.06. The first-order valence-electron chi connectivity index (χ1n) is 6.67. The highest BCUT2D eigenvalue weighted by atomic mass is 19.1. The van der Waals surface area contributed by atoms with Gasteiger partial charge in [-0.15, -0.1) is 0 Å². The summed E-state index contributed by atoms with van der Waals surface area (Å²) >= 11 is 0. The van der Waals surface area contributed by atoms with Crippen LogP contribution in [0, 0.1) is 5.82 Å². The largest absolute Gasteiger partial charge is 0.448 e. The Kier molecular flexibility index (Phi) is 4.00. The predicted octanol–water partition coefficient (Wildman–Crippen LogP) is 2.63. The zero-order valence-electron chi connectivity index (χ0n) is 11.6. The van der Waals surface area contributed by atoms with E-state index in [0.29, 0.717) is 17.3 Å². The molecule has 0 bridgehead atoms. The molecule has 0 saturated carbocycles. The van der Waals surface area contributed by atoms with Gasteiger partial charge in [0.25, 0.3) is 0 Å². The first-order chi connectivity index (χ1) is 10.7. The molecule has 0 radical (unpaired) electrons. The Morgan fingerprint density at radius 1 is 1.14 bits per heavy atom. The van der Waals surface area contributed by atoms with Crippen molar-refractivity contribution in [2.75, 3.05) is 0 Å². The third kappa shape index (κ3) is 3.41. The minimum absolute atomic E-state index is 0.0498. The average molecular weight is 297 g/mol. The number of carbonyl (C=O) groups is 1. The van der Waals surface area contributed by atoms with Gasteiger partial charge in [-0.1, -0.05) is 0 Å². The Morgan fingerprint density at radius 3 is 2.68 bits per heavy atom. The van der Waals surface area contributed by atoms with E-state index in [-0.39, 0.29) is 24.4 Å². The highest BCUT2D eigenvalue weighted by Gasteiger charge is 2.12. The van der Waals surface area contributed by atoms with Crippen LogP contribution in [-0.2, 0) is 17.6 Å². The summed E-state index contributed by atoms with van der Waals surface area (Å²) in [6.07, 6.45) is 4.75. The molecule has 2 heterocycles. The fraction of sp³-hybridized carbons (Fsp3) is 0.125. The van der Waals surface area contributed by atoms with Crippen molar-refractivity contribution in [3.8, 4) is 11.3 Å². The van der Waals surface area contributed by atoms with Crippen LogP contribution in [0.1, 0.15) is 11.6 Å². The SMILES string of the molecule is O=C(Cc1ccncn1)Cc1nc(-c2ccc(F)cc2)co1. The summed E-state index contributed by atoms with van der Waals surface area (Å²) in [5.74, 6) is -0.0305. The van der Waals surface area contributed by atoms with E-state index in [1.54, 1.807) is 24.4 Å². The molecule has 110 valence electrons. The number of halogens is 1. The second-order valence-corrected chi connectivity index (χ2v) is 4.73. The maximum absolute atomic E-state index is 12.9. The Bertz CT molecular complexity index is 770.